The summed E-state index contributed by atoms with van der Waals surface area (Å²) in [6.45, 7) is 8.87. The summed E-state index contributed by atoms with van der Waals surface area (Å²) in [6, 6.07) is 14.1. The van der Waals surface area contributed by atoms with Gasteiger partial charge in [0.25, 0.3) is 11.4 Å². The number of benzene rings is 2. The monoisotopic (exact) mass is 500 g/mol. The summed E-state index contributed by atoms with van der Waals surface area (Å²) in [5.74, 6) is 0.899. The quantitative estimate of drug-likeness (QED) is 0.169. The molecule has 0 spiro atoms. The van der Waals surface area contributed by atoms with E-state index in [-0.39, 0.29) is 31.7 Å². The van der Waals surface area contributed by atoms with Gasteiger partial charge >= 0.3 is 0 Å². The summed E-state index contributed by atoms with van der Waals surface area (Å²) in [5, 5.41) is 22.9. The van der Waals surface area contributed by atoms with Crippen LogP contribution in [-0.2, 0) is 0 Å². The van der Waals surface area contributed by atoms with Crippen molar-refractivity contribution < 1.29 is 9.85 Å². The maximum atomic E-state index is 11.2. The van der Waals surface area contributed by atoms with E-state index < -0.39 is 0 Å². The van der Waals surface area contributed by atoms with E-state index in [1.807, 2.05) is 36.0 Å². The lowest BCUT2D eigenvalue weighted by atomic mass is 9.90. The fourth-order valence-corrected chi connectivity index (χ4v) is 6.77. The van der Waals surface area contributed by atoms with Gasteiger partial charge < -0.3 is 0 Å². The van der Waals surface area contributed by atoms with Crippen LogP contribution in [0, 0.1) is 32.1 Å². The zero-order valence-corrected chi connectivity index (χ0v) is 22.3. The summed E-state index contributed by atoms with van der Waals surface area (Å²) >= 11 is 1.95. The lowest BCUT2D eigenvalue weighted by molar-refractivity contribution is -0.385. The predicted molar refractivity (Wildman–Crippen MR) is 146 cm³/mol. The van der Waals surface area contributed by atoms with E-state index in [2.05, 4.69) is 27.7 Å². The Morgan fingerprint density at radius 3 is 1.26 bits per heavy atom. The van der Waals surface area contributed by atoms with Crippen LogP contribution in [0.25, 0.3) is 0 Å². The largest absolute Gasteiger partial charge is 0.269 e. The lowest BCUT2D eigenvalue weighted by Crippen LogP contribution is -2.16. The molecule has 0 saturated heterocycles. The zero-order chi connectivity index (χ0) is 25.8. The van der Waals surface area contributed by atoms with E-state index in [9.17, 15) is 20.2 Å². The Morgan fingerprint density at radius 1 is 0.657 bits per heavy atom. The molecule has 0 aliphatic carbocycles. The lowest BCUT2D eigenvalue weighted by Gasteiger charge is -2.34. The normalized spacial score (nSPS) is 14.7. The summed E-state index contributed by atoms with van der Waals surface area (Å²) in [5.41, 5.74) is 2.47. The maximum absolute atomic E-state index is 11.2. The zero-order valence-electron chi connectivity index (χ0n) is 21.5. The van der Waals surface area contributed by atoms with Crippen LogP contribution >= 0.6 is 11.8 Å². The van der Waals surface area contributed by atoms with Gasteiger partial charge in [0.15, 0.2) is 0 Å². The number of unbranched alkanes of at least 4 members (excludes halogenated alkanes) is 2. The molecular formula is C28H40N2O4S. The summed E-state index contributed by atoms with van der Waals surface area (Å²) in [6.07, 6.45) is 8.86. The number of hydrogen-bond acceptors (Lipinski definition) is 5. The molecule has 0 bridgehead atoms. The Balaban J connectivity index is 2.50. The van der Waals surface area contributed by atoms with Crippen molar-refractivity contribution in [2.24, 2.45) is 11.8 Å². The van der Waals surface area contributed by atoms with E-state index in [1.165, 1.54) is 0 Å². The second-order valence-corrected chi connectivity index (χ2v) is 10.6. The fraction of sp³-hybridized carbons (Fsp3) is 0.571. The highest BCUT2D eigenvalue weighted by atomic mass is 32.2. The first kappa shape index (κ1) is 28.8. The van der Waals surface area contributed by atoms with Crippen LogP contribution in [0.3, 0.4) is 0 Å². The van der Waals surface area contributed by atoms with Gasteiger partial charge in [0.1, 0.15) is 0 Å². The minimum atomic E-state index is -0.349. The van der Waals surface area contributed by atoms with E-state index in [0.29, 0.717) is 11.8 Å². The van der Waals surface area contributed by atoms with Crippen LogP contribution in [0.2, 0.25) is 0 Å². The highest BCUT2D eigenvalue weighted by molar-refractivity contribution is 7.99. The van der Waals surface area contributed by atoms with E-state index in [0.717, 1.165) is 62.5 Å². The average Bonchev–Trinajstić information content (AvgIpc) is 2.87. The predicted octanol–water partition coefficient (Wildman–Crippen LogP) is 9.45. The van der Waals surface area contributed by atoms with Gasteiger partial charge in [-0.2, -0.15) is 0 Å². The second-order valence-electron chi connectivity index (χ2n) is 9.30. The number of hydrogen-bond donors (Lipinski definition) is 0. The van der Waals surface area contributed by atoms with Gasteiger partial charge in [0, 0.05) is 34.8 Å². The third kappa shape index (κ3) is 8.34. The highest BCUT2D eigenvalue weighted by Gasteiger charge is 2.31. The molecule has 0 aliphatic rings. The van der Waals surface area contributed by atoms with Crippen LogP contribution in [0.5, 0.6) is 0 Å². The molecule has 0 N–H and O–H groups in total. The van der Waals surface area contributed by atoms with Crippen molar-refractivity contribution in [1.82, 2.24) is 0 Å². The minimum Gasteiger partial charge on any atom is -0.258 e. The molecule has 7 heteroatoms. The van der Waals surface area contributed by atoms with Gasteiger partial charge in [0.05, 0.1) is 9.85 Å². The van der Waals surface area contributed by atoms with Crippen molar-refractivity contribution in [2.75, 3.05) is 0 Å². The Kier molecular flexibility index (Phi) is 12.2. The molecule has 0 fully saturated rings. The molecular weight excluding hydrogens is 460 g/mol. The molecule has 4 unspecified atom stereocenters. The minimum absolute atomic E-state index is 0.111. The van der Waals surface area contributed by atoms with Crippen molar-refractivity contribution in [1.29, 1.82) is 0 Å². The molecule has 0 aliphatic heterocycles. The number of nitro groups is 2. The Labute approximate surface area is 214 Å². The molecule has 0 amide bonds. The molecule has 4 atom stereocenters. The molecule has 0 heterocycles. The molecule has 0 saturated carbocycles. The van der Waals surface area contributed by atoms with Crippen molar-refractivity contribution in [3.8, 4) is 0 Å². The van der Waals surface area contributed by atoms with Gasteiger partial charge in [-0.25, -0.2) is 0 Å². The summed E-state index contributed by atoms with van der Waals surface area (Å²) in [7, 11) is 0. The van der Waals surface area contributed by atoms with E-state index >= 15 is 0 Å². The Bertz CT molecular complexity index is 842. The third-order valence-electron chi connectivity index (χ3n) is 6.92. The Hall–Kier alpha value is -2.41. The number of non-ortho nitro benzene ring substituents is 2. The topological polar surface area (TPSA) is 86.3 Å². The van der Waals surface area contributed by atoms with Gasteiger partial charge in [0.2, 0.25) is 0 Å². The summed E-state index contributed by atoms with van der Waals surface area (Å²) in [4.78, 5) is 21.8. The first-order valence-corrected chi connectivity index (χ1v) is 13.9. The SMILES string of the molecule is CCCCC(CC)C(SC(c1ccc([N+](=O)[O-])cc1)C(CC)CCCC)c1ccc([N+](=O)[O-])cc1. The molecule has 2 aromatic rings. The number of nitrogens with zero attached hydrogens (tertiary/aromatic N) is 2. The number of nitro benzene ring substituents is 2. The number of rotatable bonds is 16. The molecule has 0 radical (unpaired) electrons. The van der Waals surface area contributed by atoms with E-state index in [4.69, 9.17) is 0 Å². The molecule has 6 nitrogen and oxygen atoms in total. The first-order valence-electron chi connectivity index (χ1n) is 13.0. The van der Waals surface area contributed by atoms with E-state index in [1.54, 1.807) is 24.3 Å². The van der Waals surface area contributed by atoms with Gasteiger partial charge in [-0.15, -0.1) is 11.8 Å². The Morgan fingerprint density at radius 2 is 1.00 bits per heavy atom. The van der Waals surface area contributed by atoms with Crippen LogP contribution in [-0.4, -0.2) is 9.85 Å². The van der Waals surface area contributed by atoms with Gasteiger partial charge in [-0.3, -0.25) is 20.2 Å². The van der Waals surface area contributed by atoms with Crippen LogP contribution in [0.4, 0.5) is 11.4 Å². The van der Waals surface area contributed by atoms with Crippen molar-refractivity contribution in [3.63, 3.8) is 0 Å². The molecule has 0 aromatic heterocycles. The van der Waals surface area contributed by atoms with Crippen molar-refractivity contribution in [2.45, 2.75) is 89.6 Å². The molecule has 2 rings (SSSR count). The van der Waals surface area contributed by atoms with Crippen LogP contribution < -0.4 is 0 Å². The highest BCUT2D eigenvalue weighted by Crippen LogP contribution is 2.51. The van der Waals surface area contributed by atoms with Gasteiger partial charge in [-0.05, 0) is 35.8 Å². The van der Waals surface area contributed by atoms with Crippen LogP contribution in [0.15, 0.2) is 48.5 Å². The first-order chi connectivity index (χ1) is 16.9. The molecule has 2 aromatic carbocycles. The number of thioether (sulfide) groups is 1. The fourth-order valence-electron chi connectivity index (χ4n) is 4.72. The smallest absolute Gasteiger partial charge is 0.258 e. The summed E-state index contributed by atoms with van der Waals surface area (Å²) < 4.78 is 0. The van der Waals surface area contributed by atoms with Crippen LogP contribution in [0.1, 0.15) is 101 Å². The molecule has 192 valence electrons. The third-order valence-corrected chi connectivity index (χ3v) is 8.82. The standard InChI is InChI=1S/C28H40N2O4S/c1-5-9-11-21(7-3)27(23-13-17-25(18-14-23)29(31)32)35-28(22(8-4)12-10-6-2)24-15-19-26(20-16-24)30(33)34/h13-22,27-28H,5-12H2,1-4H3. The van der Waals surface area contributed by atoms with Crippen molar-refractivity contribution >= 4 is 23.1 Å². The average molecular weight is 501 g/mol. The van der Waals surface area contributed by atoms with Gasteiger partial charge in [-0.1, -0.05) is 90.5 Å². The maximum Gasteiger partial charge on any atom is 0.269 e. The van der Waals surface area contributed by atoms with Crippen molar-refractivity contribution in [3.05, 3.63) is 79.9 Å². The molecule has 35 heavy (non-hydrogen) atoms. The second kappa shape index (κ2) is 14.9.